The fourth-order valence-electron chi connectivity index (χ4n) is 1.44. The number of H-pyrrole nitrogens is 1. The topological polar surface area (TPSA) is 20.7 Å². The average Bonchev–Trinajstić information content (AvgIpc) is 2.50. The Morgan fingerprint density at radius 2 is 2.07 bits per heavy atom. The Labute approximate surface area is 98.5 Å². The van der Waals surface area contributed by atoms with Crippen molar-refractivity contribution >= 4 is 23.8 Å². The number of benzene rings is 1. The van der Waals surface area contributed by atoms with Crippen LogP contribution >= 0.6 is 23.8 Å². The number of halogens is 1. The summed E-state index contributed by atoms with van der Waals surface area (Å²) in [6.45, 7) is 3.95. The number of nitrogens with zero attached hydrogens (tertiary/aromatic N) is 1. The number of imidazole rings is 1. The summed E-state index contributed by atoms with van der Waals surface area (Å²) in [7, 11) is 0. The second kappa shape index (κ2) is 3.83. The minimum absolute atomic E-state index is 0.687. The number of aromatic nitrogens is 2. The van der Waals surface area contributed by atoms with Gasteiger partial charge in [0.1, 0.15) is 0 Å². The second-order valence-electron chi connectivity index (χ2n) is 3.55. The molecule has 15 heavy (non-hydrogen) atoms. The van der Waals surface area contributed by atoms with Crippen LogP contribution in [0, 0.1) is 18.6 Å². The first-order valence-electron chi connectivity index (χ1n) is 4.63. The SMILES string of the molecule is Cc1cn(-c2ccc(C)c(Cl)c2)c(=S)[nH]1. The van der Waals surface area contributed by atoms with E-state index in [1.807, 2.05) is 42.8 Å². The van der Waals surface area contributed by atoms with Crippen LogP contribution in [0.15, 0.2) is 24.4 Å². The predicted molar refractivity (Wildman–Crippen MR) is 65.4 cm³/mol. The average molecular weight is 239 g/mol. The van der Waals surface area contributed by atoms with E-state index in [4.69, 9.17) is 23.8 Å². The Kier molecular flexibility index (Phi) is 2.67. The molecular weight excluding hydrogens is 228 g/mol. The molecular formula is C11H11ClN2S. The molecule has 0 radical (unpaired) electrons. The highest BCUT2D eigenvalue weighted by Gasteiger charge is 2.02. The van der Waals surface area contributed by atoms with Gasteiger partial charge in [-0.05, 0) is 43.8 Å². The van der Waals surface area contributed by atoms with Gasteiger partial charge in [-0.1, -0.05) is 17.7 Å². The molecule has 2 rings (SSSR count). The van der Waals surface area contributed by atoms with Crippen molar-refractivity contribution in [2.75, 3.05) is 0 Å². The van der Waals surface area contributed by atoms with Crippen molar-refractivity contribution in [3.05, 3.63) is 45.4 Å². The first-order chi connectivity index (χ1) is 7.08. The molecule has 78 valence electrons. The normalized spacial score (nSPS) is 10.6. The van der Waals surface area contributed by atoms with E-state index in [0.29, 0.717) is 4.77 Å². The number of hydrogen-bond donors (Lipinski definition) is 1. The van der Waals surface area contributed by atoms with E-state index in [2.05, 4.69) is 4.98 Å². The van der Waals surface area contributed by atoms with Gasteiger partial charge < -0.3 is 4.98 Å². The summed E-state index contributed by atoms with van der Waals surface area (Å²) < 4.78 is 2.60. The van der Waals surface area contributed by atoms with Gasteiger partial charge in [-0.2, -0.15) is 0 Å². The molecule has 2 nitrogen and oxygen atoms in total. The molecule has 1 heterocycles. The second-order valence-corrected chi connectivity index (χ2v) is 4.34. The third-order valence-electron chi connectivity index (χ3n) is 2.28. The monoisotopic (exact) mass is 238 g/mol. The van der Waals surface area contributed by atoms with Gasteiger partial charge in [0.25, 0.3) is 0 Å². The van der Waals surface area contributed by atoms with E-state index in [1.54, 1.807) is 0 Å². The van der Waals surface area contributed by atoms with Gasteiger partial charge in [0.15, 0.2) is 4.77 Å². The number of hydrogen-bond acceptors (Lipinski definition) is 1. The first-order valence-corrected chi connectivity index (χ1v) is 5.41. The molecule has 1 aromatic carbocycles. The lowest BCUT2D eigenvalue weighted by Gasteiger charge is -2.04. The summed E-state index contributed by atoms with van der Waals surface area (Å²) in [5.41, 5.74) is 3.09. The van der Waals surface area contributed by atoms with Crippen molar-refractivity contribution in [3.63, 3.8) is 0 Å². The van der Waals surface area contributed by atoms with E-state index in [1.165, 1.54) is 0 Å². The van der Waals surface area contributed by atoms with Crippen molar-refractivity contribution in [2.24, 2.45) is 0 Å². The summed E-state index contributed by atoms with van der Waals surface area (Å²) in [4.78, 5) is 3.07. The Morgan fingerprint density at radius 3 is 2.60 bits per heavy atom. The van der Waals surface area contributed by atoms with E-state index < -0.39 is 0 Å². The lowest BCUT2D eigenvalue weighted by Crippen LogP contribution is -1.92. The van der Waals surface area contributed by atoms with Gasteiger partial charge in [-0.25, -0.2) is 0 Å². The molecule has 0 atom stereocenters. The van der Waals surface area contributed by atoms with Crippen LogP contribution in [0.1, 0.15) is 11.3 Å². The maximum atomic E-state index is 6.07. The zero-order valence-corrected chi connectivity index (χ0v) is 10.1. The number of aromatic amines is 1. The third-order valence-corrected chi connectivity index (χ3v) is 2.99. The summed E-state index contributed by atoms with van der Waals surface area (Å²) >= 11 is 11.3. The Bertz CT molecular complexity index is 554. The summed E-state index contributed by atoms with van der Waals surface area (Å²) in [6, 6.07) is 5.91. The summed E-state index contributed by atoms with van der Waals surface area (Å²) in [6.07, 6.45) is 1.96. The van der Waals surface area contributed by atoms with Gasteiger partial charge in [-0.3, -0.25) is 4.57 Å². The molecule has 0 aliphatic rings. The highest BCUT2D eigenvalue weighted by atomic mass is 35.5. The van der Waals surface area contributed by atoms with Gasteiger partial charge >= 0.3 is 0 Å². The highest BCUT2D eigenvalue weighted by molar-refractivity contribution is 7.71. The molecule has 2 aromatic rings. The van der Waals surface area contributed by atoms with Gasteiger partial charge in [0.2, 0.25) is 0 Å². The number of aryl methyl sites for hydroxylation is 2. The molecule has 0 spiro atoms. The molecule has 0 aliphatic carbocycles. The standard InChI is InChI=1S/C11H11ClN2S/c1-7-3-4-9(5-10(7)12)14-6-8(2)13-11(14)15/h3-6H,1-2H3,(H,13,15). The van der Waals surface area contributed by atoms with Crippen molar-refractivity contribution in [1.82, 2.24) is 9.55 Å². The van der Waals surface area contributed by atoms with Crippen LogP contribution < -0.4 is 0 Å². The minimum atomic E-state index is 0.687. The van der Waals surface area contributed by atoms with Gasteiger partial charge in [0, 0.05) is 22.6 Å². The van der Waals surface area contributed by atoms with Crippen LogP contribution in [0.4, 0.5) is 0 Å². The molecule has 0 amide bonds. The third kappa shape index (κ3) is 1.98. The lowest BCUT2D eigenvalue weighted by atomic mass is 10.2. The minimum Gasteiger partial charge on any atom is -0.335 e. The Balaban J connectivity index is 2.59. The van der Waals surface area contributed by atoms with E-state index in [-0.39, 0.29) is 0 Å². The van der Waals surface area contributed by atoms with Crippen molar-refractivity contribution in [1.29, 1.82) is 0 Å². The van der Waals surface area contributed by atoms with Crippen LogP contribution in [0.25, 0.3) is 5.69 Å². The quantitative estimate of drug-likeness (QED) is 0.750. The Morgan fingerprint density at radius 1 is 1.33 bits per heavy atom. The molecule has 1 aromatic heterocycles. The number of nitrogens with one attached hydrogen (secondary N) is 1. The van der Waals surface area contributed by atoms with E-state index in [9.17, 15) is 0 Å². The maximum Gasteiger partial charge on any atom is 0.181 e. The molecule has 0 unspecified atom stereocenters. The highest BCUT2D eigenvalue weighted by Crippen LogP contribution is 2.19. The van der Waals surface area contributed by atoms with Crippen LogP contribution in [0.3, 0.4) is 0 Å². The summed E-state index contributed by atoms with van der Waals surface area (Å²) in [5, 5.41) is 0.758. The molecule has 0 aliphatic heterocycles. The Hall–Kier alpha value is -1.06. The fraction of sp³-hybridized carbons (Fsp3) is 0.182. The number of rotatable bonds is 1. The van der Waals surface area contributed by atoms with Crippen molar-refractivity contribution < 1.29 is 0 Å². The molecule has 0 saturated carbocycles. The van der Waals surface area contributed by atoms with Crippen molar-refractivity contribution in [2.45, 2.75) is 13.8 Å². The smallest absolute Gasteiger partial charge is 0.181 e. The van der Waals surface area contributed by atoms with E-state index >= 15 is 0 Å². The zero-order chi connectivity index (χ0) is 11.0. The van der Waals surface area contributed by atoms with Crippen LogP contribution in [0.2, 0.25) is 5.02 Å². The van der Waals surface area contributed by atoms with Crippen LogP contribution in [0.5, 0.6) is 0 Å². The molecule has 4 heteroatoms. The summed E-state index contributed by atoms with van der Waals surface area (Å²) in [5.74, 6) is 0. The van der Waals surface area contributed by atoms with Crippen LogP contribution in [-0.2, 0) is 0 Å². The van der Waals surface area contributed by atoms with Crippen molar-refractivity contribution in [3.8, 4) is 5.69 Å². The fourth-order valence-corrected chi connectivity index (χ4v) is 1.93. The largest absolute Gasteiger partial charge is 0.335 e. The van der Waals surface area contributed by atoms with Crippen LogP contribution in [-0.4, -0.2) is 9.55 Å². The van der Waals surface area contributed by atoms with E-state index in [0.717, 1.165) is 22.0 Å². The lowest BCUT2D eigenvalue weighted by molar-refractivity contribution is 1.03. The molecule has 0 bridgehead atoms. The molecule has 0 saturated heterocycles. The molecule has 1 N–H and O–H groups in total. The maximum absolute atomic E-state index is 6.07. The zero-order valence-electron chi connectivity index (χ0n) is 8.54. The molecule has 0 fully saturated rings. The van der Waals surface area contributed by atoms with Gasteiger partial charge in [0.05, 0.1) is 0 Å². The predicted octanol–water partition coefficient (Wildman–Crippen LogP) is 3.81. The van der Waals surface area contributed by atoms with Gasteiger partial charge in [-0.15, -0.1) is 0 Å². The first kappa shape index (κ1) is 10.5.